The lowest BCUT2D eigenvalue weighted by Gasteiger charge is -2.56. The first-order chi connectivity index (χ1) is 12.7. The van der Waals surface area contributed by atoms with E-state index >= 15 is 0 Å². The number of aliphatic hydroxyl groups is 1. The summed E-state index contributed by atoms with van der Waals surface area (Å²) in [6.45, 7) is 1.83. The van der Waals surface area contributed by atoms with E-state index in [4.69, 9.17) is 0 Å². The second-order valence-electron chi connectivity index (χ2n) is 9.09. The molecule has 26 heavy (non-hydrogen) atoms. The fourth-order valence-corrected chi connectivity index (χ4v) is 6.11. The summed E-state index contributed by atoms with van der Waals surface area (Å²) in [5.74, 6) is 1.35. The fraction of sp³-hybridized carbons (Fsp3) is 0.682. The van der Waals surface area contributed by atoms with Gasteiger partial charge in [0.2, 0.25) is 0 Å². The van der Waals surface area contributed by atoms with Crippen molar-refractivity contribution < 1.29 is 9.90 Å². The molecule has 3 N–H and O–H groups in total. The number of hydrogen-bond donors (Lipinski definition) is 3. The number of amides is 1. The molecule has 4 aliphatic rings. The molecule has 2 bridgehead atoms. The number of hydrogen-bond acceptors (Lipinski definition) is 3. The number of benzene rings is 1. The molecule has 1 heterocycles. The molecule has 1 aliphatic heterocycles. The molecule has 140 valence electrons. The summed E-state index contributed by atoms with van der Waals surface area (Å²) in [7, 11) is 0. The second kappa shape index (κ2) is 6.35. The van der Waals surface area contributed by atoms with Gasteiger partial charge < -0.3 is 15.7 Å². The molecule has 4 atom stereocenters. The average molecular weight is 354 g/mol. The van der Waals surface area contributed by atoms with E-state index in [0.717, 1.165) is 50.8 Å². The van der Waals surface area contributed by atoms with E-state index in [-0.39, 0.29) is 17.4 Å². The Hall–Kier alpha value is -1.39. The zero-order valence-electron chi connectivity index (χ0n) is 15.5. The van der Waals surface area contributed by atoms with Crippen LogP contribution in [0.4, 0.5) is 0 Å². The molecule has 4 heteroatoms. The molecule has 1 aromatic carbocycles. The maximum absolute atomic E-state index is 12.7. The van der Waals surface area contributed by atoms with E-state index in [1.165, 1.54) is 30.4 Å². The van der Waals surface area contributed by atoms with Crippen molar-refractivity contribution in [2.45, 2.75) is 68.9 Å². The van der Waals surface area contributed by atoms with Gasteiger partial charge in [-0.25, -0.2) is 0 Å². The molecule has 3 aliphatic carbocycles. The highest BCUT2D eigenvalue weighted by Crippen LogP contribution is 2.53. The maximum Gasteiger partial charge on any atom is 0.251 e. The van der Waals surface area contributed by atoms with E-state index < -0.39 is 0 Å². The minimum Gasteiger partial charge on any atom is -0.393 e. The molecule has 0 aromatic heterocycles. The van der Waals surface area contributed by atoms with Gasteiger partial charge in [0.15, 0.2) is 0 Å². The first-order valence-corrected chi connectivity index (χ1v) is 10.5. The molecular formula is C22H30N2O2. The lowest BCUT2D eigenvalue weighted by Crippen LogP contribution is -2.61. The molecule has 0 radical (unpaired) electrons. The van der Waals surface area contributed by atoms with Gasteiger partial charge in [-0.3, -0.25) is 4.79 Å². The molecular weight excluding hydrogens is 324 g/mol. The van der Waals surface area contributed by atoms with Crippen LogP contribution in [0.1, 0.15) is 66.4 Å². The number of carbonyl (C=O) groups excluding carboxylic acids is 1. The van der Waals surface area contributed by atoms with Crippen molar-refractivity contribution >= 4 is 5.91 Å². The van der Waals surface area contributed by atoms with Crippen LogP contribution in [0.25, 0.3) is 0 Å². The Labute approximate surface area is 155 Å². The monoisotopic (exact) mass is 354 g/mol. The molecule has 4 unspecified atom stereocenters. The number of rotatable bonds is 3. The normalized spacial score (nSPS) is 35.8. The highest BCUT2D eigenvalue weighted by atomic mass is 16.3. The third-order valence-electron chi connectivity index (χ3n) is 7.71. The van der Waals surface area contributed by atoms with Crippen LogP contribution in [-0.2, 0) is 11.8 Å². The largest absolute Gasteiger partial charge is 0.393 e. The maximum atomic E-state index is 12.7. The van der Waals surface area contributed by atoms with Crippen molar-refractivity contribution in [2.75, 3.05) is 13.1 Å². The summed E-state index contributed by atoms with van der Waals surface area (Å²) in [5, 5.41) is 17.3. The zero-order valence-corrected chi connectivity index (χ0v) is 15.5. The van der Waals surface area contributed by atoms with Crippen molar-refractivity contribution in [3.05, 3.63) is 34.9 Å². The van der Waals surface area contributed by atoms with Crippen molar-refractivity contribution in [1.82, 2.24) is 10.6 Å². The van der Waals surface area contributed by atoms with Crippen LogP contribution in [0.15, 0.2) is 18.2 Å². The molecule has 0 spiro atoms. The van der Waals surface area contributed by atoms with E-state index in [1.807, 2.05) is 6.07 Å². The number of piperidine rings is 1. The van der Waals surface area contributed by atoms with Gasteiger partial charge in [-0.05, 0) is 86.6 Å². The smallest absolute Gasteiger partial charge is 0.251 e. The summed E-state index contributed by atoms with van der Waals surface area (Å²) >= 11 is 0. The topological polar surface area (TPSA) is 61.4 Å². The van der Waals surface area contributed by atoms with Gasteiger partial charge >= 0.3 is 0 Å². The van der Waals surface area contributed by atoms with Crippen LogP contribution in [0, 0.1) is 11.8 Å². The van der Waals surface area contributed by atoms with E-state index in [9.17, 15) is 9.90 Å². The van der Waals surface area contributed by atoms with Gasteiger partial charge in [-0.2, -0.15) is 0 Å². The third kappa shape index (κ3) is 2.61. The predicted octanol–water partition coefficient (Wildman–Crippen LogP) is 2.53. The SMILES string of the molecule is O=C(NCC1CCC1)c1ccc2c(c1)C13CCNC(C2)C1CCC(O)C3. The third-order valence-corrected chi connectivity index (χ3v) is 7.71. The summed E-state index contributed by atoms with van der Waals surface area (Å²) in [6.07, 6.45) is 8.61. The Morgan fingerprint density at radius 3 is 2.96 bits per heavy atom. The van der Waals surface area contributed by atoms with Crippen LogP contribution in [0.5, 0.6) is 0 Å². The van der Waals surface area contributed by atoms with Gasteiger partial charge in [0.05, 0.1) is 6.10 Å². The number of nitrogens with one attached hydrogen (secondary N) is 2. The van der Waals surface area contributed by atoms with E-state index in [1.54, 1.807) is 0 Å². The molecule has 1 amide bonds. The van der Waals surface area contributed by atoms with Gasteiger partial charge in [-0.15, -0.1) is 0 Å². The number of aliphatic hydroxyl groups excluding tert-OH is 1. The first-order valence-electron chi connectivity index (χ1n) is 10.5. The summed E-state index contributed by atoms with van der Waals surface area (Å²) in [6, 6.07) is 6.87. The second-order valence-corrected chi connectivity index (χ2v) is 9.09. The molecule has 1 aromatic rings. The standard InChI is InChI=1S/C22H30N2O2/c25-17-6-7-18-20-11-15-4-5-16(21(26)24-13-14-2-1-3-14)10-19(15)22(18,12-17)8-9-23-20/h4-5,10,14,17-18,20,23,25H,1-3,6-9,11-13H2,(H,24,26). The zero-order chi connectivity index (χ0) is 17.7. The molecule has 3 fully saturated rings. The first kappa shape index (κ1) is 16.8. The van der Waals surface area contributed by atoms with E-state index in [2.05, 4.69) is 22.8 Å². The molecule has 4 nitrogen and oxygen atoms in total. The summed E-state index contributed by atoms with van der Waals surface area (Å²) < 4.78 is 0. The minimum atomic E-state index is -0.202. The van der Waals surface area contributed by atoms with Gasteiger partial charge in [0.25, 0.3) is 5.91 Å². The van der Waals surface area contributed by atoms with Crippen LogP contribution < -0.4 is 10.6 Å². The van der Waals surface area contributed by atoms with Gasteiger partial charge in [0.1, 0.15) is 0 Å². The van der Waals surface area contributed by atoms with Crippen LogP contribution in [0.3, 0.4) is 0 Å². The van der Waals surface area contributed by atoms with Crippen LogP contribution >= 0.6 is 0 Å². The fourth-order valence-electron chi connectivity index (χ4n) is 6.11. The average Bonchev–Trinajstić information content (AvgIpc) is 2.59. The molecule has 2 saturated carbocycles. The number of fused-ring (bicyclic) bond motifs is 1. The Bertz CT molecular complexity index is 714. The lowest BCUT2D eigenvalue weighted by atomic mass is 9.52. The Kier molecular flexibility index (Phi) is 4.09. The molecule has 1 saturated heterocycles. The van der Waals surface area contributed by atoms with Crippen LogP contribution in [0.2, 0.25) is 0 Å². The van der Waals surface area contributed by atoms with Gasteiger partial charge in [0, 0.05) is 23.6 Å². The minimum absolute atomic E-state index is 0.0609. The van der Waals surface area contributed by atoms with Crippen molar-refractivity contribution in [2.24, 2.45) is 11.8 Å². The van der Waals surface area contributed by atoms with Crippen LogP contribution in [-0.4, -0.2) is 36.2 Å². The van der Waals surface area contributed by atoms with Crippen molar-refractivity contribution in [1.29, 1.82) is 0 Å². The van der Waals surface area contributed by atoms with E-state index in [0.29, 0.717) is 17.9 Å². The van der Waals surface area contributed by atoms with Crippen molar-refractivity contribution in [3.8, 4) is 0 Å². The highest BCUT2D eigenvalue weighted by Gasteiger charge is 2.53. The number of carbonyl (C=O) groups is 1. The van der Waals surface area contributed by atoms with Gasteiger partial charge in [-0.1, -0.05) is 12.5 Å². The van der Waals surface area contributed by atoms with Crippen molar-refractivity contribution in [3.63, 3.8) is 0 Å². The predicted molar refractivity (Wildman–Crippen MR) is 101 cm³/mol. The Morgan fingerprint density at radius 1 is 1.27 bits per heavy atom. The Morgan fingerprint density at radius 2 is 2.15 bits per heavy atom. The Balaban J connectivity index is 1.46. The lowest BCUT2D eigenvalue weighted by molar-refractivity contribution is 0.00379. The summed E-state index contributed by atoms with van der Waals surface area (Å²) in [4.78, 5) is 12.7. The quantitative estimate of drug-likeness (QED) is 0.782. The molecule has 5 rings (SSSR count). The highest BCUT2D eigenvalue weighted by molar-refractivity contribution is 5.94. The summed E-state index contributed by atoms with van der Waals surface area (Å²) in [5.41, 5.74) is 3.59.